The van der Waals surface area contributed by atoms with Gasteiger partial charge in [0.25, 0.3) is 0 Å². The summed E-state index contributed by atoms with van der Waals surface area (Å²) in [6.45, 7) is 10.4. The summed E-state index contributed by atoms with van der Waals surface area (Å²) in [6.07, 6.45) is 15.0. The van der Waals surface area contributed by atoms with Gasteiger partial charge in [0.1, 0.15) is 0 Å². The van der Waals surface area contributed by atoms with E-state index in [1.165, 1.54) is 0 Å². The van der Waals surface area contributed by atoms with Crippen molar-refractivity contribution in [1.82, 2.24) is 0 Å². The fourth-order valence-electron chi connectivity index (χ4n) is 4.40. The molecule has 0 amide bonds. The minimum absolute atomic E-state index is 0.0874. The molecule has 0 aromatic rings. The summed E-state index contributed by atoms with van der Waals surface area (Å²) < 4.78 is 31.9. The fourth-order valence-corrected chi connectivity index (χ4v) is 5.74. The maximum atomic E-state index is 13.6. The third kappa shape index (κ3) is 23.0. The van der Waals surface area contributed by atoms with E-state index < -0.39 is 63.4 Å². The van der Waals surface area contributed by atoms with Crippen LogP contribution in [0.3, 0.4) is 0 Å². The van der Waals surface area contributed by atoms with Crippen LogP contribution in [0.2, 0.25) is 0 Å². The molecule has 0 aliphatic heterocycles. The van der Waals surface area contributed by atoms with E-state index in [0.717, 1.165) is 81.7 Å². The van der Waals surface area contributed by atoms with E-state index in [1.54, 1.807) is 0 Å². The van der Waals surface area contributed by atoms with Gasteiger partial charge in [0, 0.05) is 0 Å². The summed E-state index contributed by atoms with van der Waals surface area (Å²) in [5, 5.41) is 0. The van der Waals surface area contributed by atoms with Gasteiger partial charge in [0.05, 0.1) is 0 Å². The van der Waals surface area contributed by atoms with Gasteiger partial charge in [0.15, 0.2) is 0 Å². The molecule has 0 N–H and O–H groups in total. The number of hydrogen-bond acceptors (Lipinski definition) is 12. The number of carbonyl (C=O) groups excluding carboxylic acids is 6. The molecule has 0 fully saturated rings. The molecule has 0 rings (SSSR count). The standard InChI is InChI=1S/C28H46O8.C8H12O4.Sn.2H/c1-5-9-13-15-19-28(18-14-10-6-2,23(22-24(29)30)27(33)35-21-12-8-4)36-26(32)17-16-25(31)34-20-11-7-3;1-2-3-6-12-8(11)5-4-7(9)10;;;/h16-17,22H,5-15,18-21H2,1-4H3,(H,29,30);4-5H,2-3,6H2,1H3,(H,9,10);;;/q;;+2;;/p-2. The van der Waals surface area contributed by atoms with Crippen molar-refractivity contribution < 1.29 is 53.9 Å². The van der Waals surface area contributed by atoms with Crippen LogP contribution in [0.5, 0.6) is 0 Å². The molecule has 0 radical (unpaired) electrons. The van der Waals surface area contributed by atoms with Crippen molar-refractivity contribution in [1.29, 1.82) is 0 Å². The van der Waals surface area contributed by atoms with Crippen LogP contribution in [-0.4, -0.2) is 83.2 Å². The first-order valence-corrected chi connectivity index (χ1v) is 21.0. The normalized spacial score (nSPS) is 13.0. The van der Waals surface area contributed by atoms with E-state index in [1.807, 2.05) is 27.7 Å². The van der Waals surface area contributed by atoms with Crippen LogP contribution in [0.25, 0.3) is 0 Å². The van der Waals surface area contributed by atoms with Crippen LogP contribution in [0.1, 0.15) is 131 Å². The zero-order valence-electron chi connectivity index (χ0n) is 30.2. The van der Waals surface area contributed by atoms with E-state index in [0.29, 0.717) is 32.1 Å². The van der Waals surface area contributed by atoms with E-state index in [9.17, 15) is 28.8 Å². The summed E-state index contributed by atoms with van der Waals surface area (Å²) in [5.41, 5.74) is -1.74. The maximum absolute atomic E-state index is 13.6. The van der Waals surface area contributed by atoms with Gasteiger partial charge < -0.3 is 0 Å². The minimum atomic E-state index is -2.97. The van der Waals surface area contributed by atoms with Crippen molar-refractivity contribution in [2.45, 2.75) is 137 Å². The van der Waals surface area contributed by atoms with Gasteiger partial charge in [0.2, 0.25) is 0 Å². The number of esters is 4. The van der Waals surface area contributed by atoms with Crippen LogP contribution < -0.4 is 0 Å². The van der Waals surface area contributed by atoms with Crippen molar-refractivity contribution in [3.63, 3.8) is 0 Å². The van der Waals surface area contributed by atoms with Gasteiger partial charge in [-0.25, -0.2) is 0 Å². The number of rotatable bonds is 28. The van der Waals surface area contributed by atoms with E-state index in [-0.39, 0.29) is 38.2 Å². The van der Waals surface area contributed by atoms with Crippen molar-refractivity contribution in [2.75, 3.05) is 19.8 Å². The second-order valence-electron chi connectivity index (χ2n) is 11.5. The van der Waals surface area contributed by atoms with Gasteiger partial charge in [-0.1, -0.05) is 13.3 Å². The molecule has 0 spiro atoms. The Morgan fingerprint density at radius 1 is 0.490 bits per heavy atom. The van der Waals surface area contributed by atoms with Crippen LogP contribution in [-0.2, 0) is 53.9 Å². The van der Waals surface area contributed by atoms with Crippen LogP contribution in [0.4, 0.5) is 0 Å². The molecule has 0 aromatic heterocycles. The van der Waals surface area contributed by atoms with Crippen molar-refractivity contribution in [3.8, 4) is 0 Å². The summed E-state index contributed by atoms with van der Waals surface area (Å²) in [4.78, 5) is 75.9. The summed E-state index contributed by atoms with van der Waals surface area (Å²) >= 11 is -2.97. The zero-order chi connectivity index (χ0) is 36.8. The molecule has 0 saturated heterocycles. The zero-order valence-corrected chi connectivity index (χ0v) is 34.3. The Labute approximate surface area is 303 Å². The van der Waals surface area contributed by atoms with Crippen molar-refractivity contribution in [3.05, 3.63) is 36.0 Å². The molecule has 1 unspecified atom stereocenters. The first kappa shape index (κ1) is 45.8. The monoisotopic (exact) mass is 802 g/mol. The van der Waals surface area contributed by atoms with Gasteiger partial charge >= 0.3 is 284 Å². The van der Waals surface area contributed by atoms with Crippen LogP contribution >= 0.6 is 0 Å². The third-order valence-electron chi connectivity index (χ3n) is 7.22. The predicted molar refractivity (Wildman–Crippen MR) is 186 cm³/mol. The SMILES string of the molecule is CCCCCCC(CCCCC)(OC(=O)C=CC(=O)OCCCC)C(=CC(=O)[O][SnH2][O]C(=O)C=CC(=O)OCCCC)C(=O)OCCCC. The molecule has 278 valence electrons. The fraction of sp³-hybridized carbons (Fsp3) is 0.667. The predicted octanol–water partition coefficient (Wildman–Crippen LogP) is 5.97. The number of ether oxygens (including phenoxy) is 4. The van der Waals surface area contributed by atoms with E-state index >= 15 is 0 Å². The molecule has 0 aliphatic carbocycles. The molecule has 13 heteroatoms. The summed E-state index contributed by atoms with van der Waals surface area (Å²) in [5.74, 6) is -4.92. The number of carbonyl (C=O) groups is 6. The van der Waals surface area contributed by atoms with E-state index in [4.69, 9.17) is 25.1 Å². The van der Waals surface area contributed by atoms with Crippen LogP contribution in [0.15, 0.2) is 36.0 Å². The molecule has 12 nitrogen and oxygen atoms in total. The summed E-state index contributed by atoms with van der Waals surface area (Å²) in [6, 6.07) is 0. The molecular formula is C36H58O12Sn. The molecule has 0 aliphatic rings. The Morgan fingerprint density at radius 3 is 1.45 bits per heavy atom. The molecule has 49 heavy (non-hydrogen) atoms. The quantitative estimate of drug-likeness (QED) is 0.0301. The Morgan fingerprint density at radius 2 is 0.918 bits per heavy atom. The van der Waals surface area contributed by atoms with Crippen LogP contribution in [0, 0.1) is 0 Å². The second-order valence-corrected chi connectivity index (χ2v) is 13.8. The first-order chi connectivity index (χ1) is 23.6. The topological polar surface area (TPSA) is 158 Å². The Hall–Kier alpha value is -3.16. The Balaban J connectivity index is 6.33. The summed E-state index contributed by atoms with van der Waals surface area (Å²) in [7, 11) is 0. The molecule has 0 aromatic carbocycles. The number of unbranched alkanes of at least 4 members (excludes halogenated alkanes) is 8. The van der Waals surface area contributed by atoms with Crippen molar-refractivity contribution >= 4 is 57.8 Å². The first-order valence-electron chi connectivity index (χ1n) is 17.7. The van der Waals surface area contributed by atoms with Gasteiger partial charge in [-0.2, -0.15) is 0 Å². The van der Waals surface area contributed by atoms with Gasteiger partial charge in [-0.3, -0.25) is 0 Å². The number of hydrogen-bond donors (Lipinski definition) is 0. The van der Waals surface area contributed by atoms with Gasteiger partial charge in [-0.15, -0.1) is 0 Å². The average Bonchev–Trinajstić information content (AvgIpc) is 3.07. The molecule has 0 bridgehead atoms. The Kier molecular flexibility index (Phi) is 27.8. The van der Waals surface area contributed by atoms with Crippen molar-refractivity contribution in [2.24, 2.45) is 0 Å². The average molecular weight is 802 g/mol. The molecular weight excluding hydrogens is 743 g/mol. The third-order valence-corrected chi connectivity index (χ3v) is 9.51. The van der Waals surface area contributed by atoms with Gasteiger partial charge in [-0.05, 0) is 6.42 Å². The van der Waals surface area contributed by atoms with E-state index in [2.05, 4.69) is 6.92 Å². The molecule has 0 heterocycles. The Bertz CT molecular complexity index is 1100. The second kappa shape index (κ2) is 29.7. The molecule has 1 atom stereocenters. The molecule has 0 saturated carbocycles.